The summed E-state index contributed by atoms with van der Waals surface area (Å²) in [6, 6.07) is 6.47. The average molecular weight is 439 g/mol. The van der Waals surface area contributed by atoms with Crippen LogP contribution in [0.25, 0.3) is 0 Å². The lowest BCUT2D eigenvalue weighted by Gasteiger charge is -2.38. The monoisotopic (exact) mass is 438 g/mol. The lowest BCUT2D eigenvalue weighted by Crippen LogP contribution is -2.35. The van der Waals surface area contributed by atoms with E-state index in [9.17, 15) is 10.2 Å². The topological polar surface area (TPSA) is 49.7 Å². The lowest BCUT2D eigenvalue weighted by atomic mass is 9.92. The van der Waals surface area contributed by atoms with Crippen LogP contribution < -0.4 is 4.74 Å². The molecule has 1 aliphatic heterocycles. The molecule has 1 fully saturated rings. The standard InChI is InChI=1S/C24H38O3S2/c1-17(2)22-19(9-7-10-20(22)27-6)24(28-15-8-16-29-24)14-13-18(3)11-12-21(25)23(4,5)26/h7,9-10,13,17,21,25-26H,8,11-12,14-16H2,1-6H3/b18-13+/t21-/m1/s1. The first-order valence-corrected chi connectivity index (χ1v) is 12.6. The van der Waals surface area contributed by atoms with Crippen molar-refractivity contribution in [1.29, 1.82) is 0 Å². The maximum atomic E-state index is 10.1. The summed E-state index contributed by atoms with van der Waals surface area (Å²) in [5.41, 5.74) is 2.93. The fourth-order valence-electron chi connectivity index (χ4n) is 3.74. The third-order valence-corrected chi connectivity index (χ3v) is 8.98. The number of methoxy groups -OCH3 is 1. The van der Waals surface area contributed by atoms with Crippen molar-refractivity contribution in [3.05, 3.63) is 41.0 Å². The van der Waals surface area contributed by atoms with Crippen LogP contribution in [0, 0.1) is 0 Å². The second kappa shape index (κ2) is 10.6. The molecule has 0 radical (unpaired) electrons. The fourth-order valence-corrected chi connectivity index (χ4v) is 7.06. The Kier molecular flexibility index (Phi) is 9.02. The number of benzene rings is 1. The molecular weight excluding hydrogens is 400 g/mol. The molecule has 0 aliphatic carbocycles. The Morgan fingerprint density at radius 3 is 2.48 bits per heavy atom. The van der Waals surface area contributed by atoms with Crippen LogP contribution >= 0.6 is 23.5 Å². The highest BCUT2D eigenvalue weighted by Crippen LogP contribution is 2.55. The van der Waals surface area contributed by atoms with E-state index in [-0.39, 0.29) is 4.08 Å². The fraction of sp³-hybridized carbons (Fsp3) is 0.667. The highest BCUT2D eigenvalue weighted by molar-refractivity contribution is 8.18. The van der Waals surface area contributed by atoms with Crippen molar-refractivity contribution in [1.82, 2.24) is 0 Å². The zero-order chi connectivity index (χ0) is 21.7. The quantitative estimate of drug-likeness (QED) is 0.457. The van der Waals surface area contributed by atoms with Gasteiger partial charge in [-0.05, 0) is 75.5 Å². The first-order chi connectivity index (χ1) is 13.6. The lowest BCUT2D eigenvalue weighted by molar-refractivity contribution is -0.0509. The Morgan fingerprint density at radius 1 is 1.28 bits per heavy atom. The minimum Gasteiger partial charge on any atom is -0.496 e. The number of aliphatic hydroxyl groups excluding tert-OH is 1. The average Bonchev–Trinajstić information content (AvgIpc) is 2.69. The molecule has 0 aromatic heterocycles. The summed E-state index contributed by atoms with van der Waals surface area (Å²) in [7, 11) is 1.76. The molecule has 1 saturated heterocycles. The van der Waals surface area contributed by atoms with Crippen molar-refractivity contribution in [2.75, 3.05) is 18.6 Å². The molecular formula is C24H38O3S2. The van der Waals surface area contributed by atoms with Gasteiger partial charge in [-0.3, -0.25) is 0 Å². The van der Waals surface area contributed by atoms with E-state index in [1.165, 1.54) is 34.6 Å². The number of hydrogen-bond acceptors (Lipinski definition) is 5. The largest absolute Gasteiger partial charge is 0.496 e. The summed E-state index contributed by atoms with van der Waals surface area (Å²) in [6.45, 7) is 9.95. The first kappa shape index (κ1) is 24.6. The van der Waals surface area contributed by atoms with Gasteiger partial charge in [-0.15, -0.1) is 23.5 Å². The number of allylic oxidation sites excluding steroid dienone is 2. The SMILES string of the molecule is COc1cccc(C2(C/C=C(\C)CC[C@@H](O)C(C)(C)O)SCCCS2)c1C(C)C. The first-order valence-electron chi connectivity index (χ1n) is 10.6. The van der Waals surface area contributed by atoms with Gasteiger partial charge in [0.1, 0.15) is 5.75 Å². The van der Waals surface area contributed by atoms with Gasteiger partial charge < -0.3 is 14.9 Å². The van der Waals surface area contributed by atoms with Gasteiger partial charge >= 0.3 is 0 Å². The van der Waals surface area contributed by atoms with E-state index < -0.39 is 11.7 Å². The van der Waals surface area contributed by atoms with Crippen LogP contribution in [-0.2, 0) is 4.08 Å². The molecule has 3 nitrogen and oxygen atoms in total. The Morgan fingerprint density at radius 2 is 1.93 bits per heavy atom. The van der Waals surface area contributed by atoms with Gasteiger partial charge in [-0.25, -0.2) is 0 Å². The molecule has 2 N–H and O–H groups in total. The van der Waals surface area contributed by atoms with Crippen LogP contribution in [0.1, 0.15) is 77.3 Å². The Balaban J connectivity index is 2.28. The zero-order valence-corrected chi connectivity index (χ0v) is 20.5. The highest BCUT2D eigenvalue weighted by Gasteiger charge is 2.38. The van der Waals surface area contributed by atoms with Crippen LogP contribution in [0.2, 0.25) is 0 Å². The van der Waals surface area contributed by atoms with E-state index in [0.29, 0.717) is 12.3 Å². The van der Waals surface area contributed by atoms with E-state index in [1.54, 1.807) is 21.0 Å². The van der Waals surface area contributed by atoms with Gasteiger partial charge in [0, 0.05) is 5.56 Å². The second-order valence-electron chi connectivity index (χ2n) is 8.84. The van der Waals surface area contributed by atoms with Crippen LogP contribution in [0.5, 0.6) is 5.75 Å². The van der Waals surface area contributed by atoms with Crippen molar-refractivity contribution in [3.8, 4) is 5.75 Å². The molecule has 1 heterocycles. The maximum absolute atomic E-state index is 10.1. The maximum Gasteiger partial charge on any atom is 0.122 e. The molecule has 1 aliphatic rings. The predicted molar refractivity (Wildman–Crippen MR) is 128 cm³/mol. The van der Waals surface area contributed by atoms with Gasteiger partial charge in [-0.2, -0.15) is 0 Å². The number of rotatable bonds is 9. The van der Waals surface area contributed by atoms with Crippen LogP contribution in [0.15, 0.2) is 29.8 Å². The molecule has 2 rings (SSSR count). The van der Waals surface area contributed by atoms with Crippen molar-refractivity contribution >= 4 is 23.5 Å². The predicted octanol–water partition coefficient (Wildman–Crippen LogP) is 6.09. The van der Waals surface area contributed by atoms with Gasteiger partial charge in [-0.1, -0.05) is 37.6 Å². The number of thioether (sulfide) groups is 2. The third-order valence-electron chi connectivity index (χ3n) is 5.58. The molecule has 0 amide bonds. The van der Waals surface area contributed by atoms with Crippen molar-refractivity contribution < 1.29 is 14.9 Å². The van der Waals surface area contributed by atoms with Crippen molar-refractivity contribution in [2.24, 2.45) is 0 Å². The highest BCUT2D eigenvalue weighted by atomic mass is 32.2. The molecule has 0 saturated carbocycles. The molecule has 1 atom stereocenters. The van der Waals surface area contributed by atoms with E-state index in [0.717, 1.165) is 18.6 Å². The molecule has 5 heteroatoms. The molecule has 164 valence electrons. The number of ether oxygens (including phenoxy) is 1. The van der Waals surface area contributed by atoms with Crippen LogP contribution in [0.3, 0.4) is 0 Å². The second-order valence-corrected chi connectivity index (χ2v) is 11.9. The normalized spacial score (nSPS) is 18.7. The van der Waals surface area contributed by atoms with Crippen LogP contribution in [-0.4, -0.2) is 40.5 Å². The molecule has 0 unspecified atom stereocenters. The minimum absolute atomic E-state index is 0.00250. The van der Waals surface area contributed by atoms with Gasteiger partial charge in [0.2, 0.25) is 0 Å². The third kappa shape index (κ3) is 6.43. The van der Waals surface area contributed by atoms with Crippen molar-refractivity contribution in [3.63, 3.8) is 0 Å². The summed E-state index contributed by atoms with van der Waals surface area (Å²) in [5, 5.41) is 20.1. The van der Waals surface area contributed by atoms with E-state index in [2.05, 4.69) is 68.6 Å². The van der Waals surface area contributed by atoms with Crippen molar-refractivity contribution in [2.45, 2.75) is 82.0 Å². The van der Waals surface area contributed by atoms with E-state index in [1.807, 2.05) is 0 Å². The summed E-state index contributed by atoms with van der Waals surface area (Å²) in [4.78, 5) is 0. The Bertz CT molecular complexity index is 686. The van der Waals surface area contributed by atoms with Gasteiger partial charge in [0.25, 0.3) is 0 Å². The smallest absolute Gasteiger partial charge is 0.122 e. The molecule has 0 spiro atoms. The van der Waals surface area contributed by atoms with Crippen LogP contribution in [0.4, 0.5) is 0 Å². The summed E-state index contributed by atoms with van der Waals surface area (Å²) in [6.07, 6.45) is 5.22. The van der Waals surface area contributed by atoms with Gasteiger partial charge in [0.05, 0.1) is 22.9 Å². The Hall–Kier alpha value is -0.620. The minimum atomic E-state index is -1.05. The molecule has 1 aromatic carbocycles. The zero-order valence-electron chi connectivity index (χ0n) is 18.8. The molecule has 1 aromatic rings. The summed E-state index contributed by atoms with van der Waals surface area (Å²) >= 11 is 4.12. The summed E-state index contributed by atoms with van der Waals surface area (Å²) < 4.78 is 5.72. The Labute approximate surface area is 185 Å². The van der Waals surface area contributed by atoms with E-state index in [4.69, 9.17) is 4.74 Å². The number of hydrogen-bond donors (Lipinski definition) is 2. The van der Waals surface area contributed by atoms with Gasteiger partial charge in [0.15, 0.2) is 0 Å². The molecule has 29 heavy (non-hydrogen) atoms. The molecule has 0 bridgehead atoms. The van der Waals surface area contributed by atoms with E-state index >= 15 is 0 Å². The number of aliphatic hydroxyl groups is 2. The summed E-state index contributed by atoms with van der Waals surface area (Å²) in [5.74, 6) is 3.73.